The van der Waals surface area contributed by atoms with Crippen molar-refractivity contribution in [1.29, 1.82) is 0 Å². The number of aryl methyl sites for hydroxylation is 1. The molecule has 2 N–H and O–H groups in total. The molecule has 1 aliphatic rings. The second-order valence-corrected chi connectivity index (χ2v) is 4.33. The van der Waals surface area contributed by atoms with E-state index in [1.54, 1.807) is 0 Å². The van der Waals surface area contributed by atoms with Gasteiger partial charge in [-0.2, -0.15) is 0 Å². The minimum Gasteiger partial charge on any atom is -0.485 e. The fraction of sp³-hybridized carbons (Fsp3) is 0.545. The molecule has 1 atom stereocenters. The van der Waals surface area contributed by atoms with E-state index >= 15 is 0 Å². The van der Waals surface area contributed by atoms with Crippen molar-refractivity contribution in [3.05, 3.63) is 23.5 Å². The van der Waals surface area contributed by atoms with Gasteiger partial charge in [-0.3, -0.25) is 4.98 Å². The van der Waals surface area contributed by atoms with Crippen LogP contribution in [0.25, 0.3) is 0 Å². The number of aromatic nitrogens is 1. The average Bonchev–Trinajstić information content (AvgIpc) is 2.34. The number of nitrogens with zero attached hydrogens (tertiary/aromatic N) is 1. The average molecular weight is 265 g/mol. The molecule has 0 unspecified atom stereocenters. The molecule has 1 aromatic heterocycles. The highest BCUT2D eigenvalue weighted by Gasteiger charge is 2.41. The number of fused-ring (bicyclic) bond motifs is 1. The largest absolute Gasteiger partial charge is 0.485 e. The van der Waals surface area contributed by atoms with Crippen molar-refractivity contribution in [2.75, 3.05) is 6.54 Å². The minimum atomic E-state index is -0.224. The van der Waals surface area contributed by atoms with Gasteiger partial charge < -0.3 is 10.5 Å². The summed E-state index contributed by atoms with van der Waals surface area (Å²) in [5, 5.41) is 0. The fourth-order valence-corrected chi connectivity index (χ4v) is 1.98. The molecule has 0 saturated carbocycles. The van der Waals surface area contributed by atoms with Crippen LogP contribution in [0.3, 0.4) is 0 Å². The summed E-state index contributed by atoms with van der Waals surface area (Å²) in [6.07, 6.45) is 0. The predicted molar refractivity (Wildman–Crippen MR) is 70.0 cm³/mol. The number of ether oxygens (including phenoxy) is 1. The molecule has 92 valence electrons. The van der Waals surface area contributed by atoms with Crippen LogP contribution < -0.4 is 10.5 Å². The zero-order valence-corrected chi connectivity index (χ0v) is 11.3. The quantitative estimate of drug-likeness (QED) is 0.848. The van der Waals surface area contributed by atoms with Gasteiger partial charge >= 0.3 is 0 Å². The van der Waals surface area contributed by atoms with E-state index in [-0.39, 0.29) is 36.3 Å². The first-order valence-corrected chi connectivity index (χ1v) is 4.91. The Kier molecular flexibility index (Phi) is 5.05. The summed E-state index contributed by atoms with van der Waals surface area (Å²) in [5.41, 5.74) is 7.56. The molecule has 1 aromatic rings. The van der Waals surface area contributed by atoms with Gasteiger partial charge in [0, 0.05) is 12.2 Å². The van der Waals surface area contributed by atoms with Crippen molar-refractivity contribution in [2.45, 2.75) is 32.3 Å². The van der Waals surface area contributed by atoms with E-state index in [1.807, 2.05) is 19.1 Å². The van der Waals surface area contributed by atoms with Crippen molar-refractivity contribution in [3.63, 3.8) is 0 Å². The van der Waals surface area contributed by atoms with E-state index in [4.69, 9.17) is 10.5 Å². The minimum absolute atomic E-state index is 0. The summed E-state index contributed by atoms with van der Waals surface area (Å²) >= 11 is 0. The number of pyridine rings is 1. The van der Waals surface area contributed by atoms with Gasteiger partial charge in [0.05, 0.1) is 11.6 Å². The number of hydrogen-bond acceptors (Lipinski definition) is 3. The molecule has 0 aromatic carbocycles. The Morgan fingerprint density at radius 2 is 2.00 bits per heavy atom. The highest BCUT2D eigenvalue weighted by molar-refractivity contribution is 5.85. The summed E-state index contributed by atoms with van der Waals surface area (Å²) in [4.78, 5) is 4.50. The van der Waals surface area contributed by atoms with Gasteiger partial charge in [0.2, 0.25) is 0 Å². The molecule has 0 fully saturated rings. The first-order chi connectivity index (χ1) is 6.54. The Morgan fingerprint density at radius 1 is 1.38 bits per heavy atom. The molecule has 3 nitrogen and oxygen atoms in total. The van der Waals surface area contributed by atoms with Gasteiger partial charge in [-0.15, -0.1) is 24.8 Å². The third kappa shape index (κ3) is 2.42. The third-order valence-electron chi connectivity index (χ3n) is 2.80. The van der Waals surface area contributed by atoms with Gasteiger partial charge in [-0.25, -0.2) is 0 Å². The number of halogens is 2. The van der Waals surface area contributed by atoms with Gasteiger partial charge in [-0.05, 0) is 32.9 Å². The Hall–Kier alpha value is -0.510. The Labute approximate surface area is 109 Å². The molecule has 0 radical (unpaired) electrons. The van der Waals surface area contributed by atoms with Crippen LogP contribution in [-0.2, 0) is 0 Å². The summed E-state index contributed by atoms with van der Waals surface area (Å²) in [6.45, 7) is 6.68. The number of nitrogens with two attached hydrogens (primary N) is 1. The van der Waals surface area contributed by atoms with Crippen LogP contribution in [0.15, 0.2) is 12.1 Å². The number of hydrogen-bond donors (Lipinski definition) is 1. The van der Waals surface area contributed by atoms with E-state index in [0.29, 0.717) is 6.54 Å². The topological polar surface area (TPSA) is 48.1 Å². The summed E-state index contributed by atoms with van der Waals surface area (Å²) < 4.78 is 5.81. The first-order valence-electron chi connectivity index (χ1n) is 4.91. The number of rotatable bonds is 1. The van der Waals surface area contributed by atoms with Gasteiger partial charge in [0.15, 0.2) is 0 Å². The van der Waals surface area contributed by atoms with Crippen LogP contribution in [-0.4, -0.2) is 17.1 Å². The lowest BCUT2D eigenvalue weighted by atomic mass is 9.90. The Balaban J connectivity index is 0.00000112. The van der Waals surface area contributed by atoms with Crippen molar-refractivity contribution in [1.82, 2.24) is 4.98 Å². The second-order valence-electron chi connectivity index (χ2n) is 4.33. The zero-order chi connectivity index (χ0) is 10.3. The molecule has 0 aliphatic carbocycles. The maximum Gasteiger partial charge on any atom is 0.142 e. The third-order valence-corrected chi connectivity index (χ3v) is 2.80. The van der Waals surface area contributed by atoms with Crippen LogP contribution in [0, 0.1) is 6.92 Å². The smallest absolute Gasteiger partial charge is 0.142 e. The summed E-state index contributed by atoms with van der Waals surface area (Å²) in [5.74, 6) is 1.09. The van der Waals surface area contributed by atoms with Crippen LogP contribution in [0.4, 0.5) is 0 Å². The Morgan fingerprint density at radius 3 is 2.56 bits per heavy atom. The lowest BCUT2D eigenvalue weighted by molar-refractivity contribution is 0.112. The van der Waals surface area contributed by atoms with Crippen molar-refractivity contribution in [3.8, 4) is 5.75 Å². The van der Waals surface area contributed by atoms with Crippen LogP contribution >= 0.6 is 24.8 Å². The van der Waals surface area contributed by atoms with Gasteiger partial charge in [-0.1, -0.05) is 0 Å². The van der Waals surface area contributed by atoms with E-state index in [9.17, 15) is 0 Å². The molecule has 0 bridgehead atoms. The molecule has 1 aliphatic heterocycles. The highest BCUT2D eigenvalue weighted by atomic mass is 35.5. The van der Waals surface area contributed by atoms with E-state index in [1.165, 1.54) is 0 Å². The van der Waals surface area contributed by atoms with E-state index in [0.717, 1.165) is 17.1 Å². The molecule has 0 amide bonds. The van der Waals surface area contributed by atoms with Gasteiger partial charge in [0.1, 0.15) is 11.4 Å². The summed E-state index contributed by atoms with van der Waals surface area (Å²) in [7, 11) is 0. The maximum absolute atomic E-state index is 5.81. The second kappa shape index (κ2) is 5.21. The molecular weight excluding hydrogens is 247 g/mol. The molecule has 16 heavy (non-hydrogen) atoms. The van der Waals surface area contributed by atoms with E-state index in [2.05, 4.69) is 18.8 Å². The molecule has 2 rings (SSSR count). The molecule has 0 spiro atoms. The maximum atomic E-state index is 5.81. The lowest BCUT2D eigenvalue weighted by Crippen LogP contribution is -2.34. The summed E-state index contributed by atoms with van der Waals surface area (Å²) in [6, 6.07) is 3.95. The standard InChI is InChI=1S/C11H16N2O.2ClH/c1-7-4-5-9-10(13-7)8(6-12)11(2,3)14-9;;/h4-5,8H,6,12H2,1-3H3;2*1H/t8-;;/m0../s1. The first kappa shape index (κ1) is 15.5. The Bertz CT molecular complexity index is 369. The monoisotopic (exact) mass is 264 g/mol. The highest BCUT2D eigenvalue weighted by Crippen LogP contribution is 2.42. The molecular formula is C11H18Cl2N2O. The fourth-order valence-electron chi connectivity index (χ4n) is 1.98. The van der Waals surface area contributed by atoms with Crippen molar-refractivity contribution in [2.24, 2.45) is 5.73 Å². The van der Waals surface area contributed by atoms with Crippen LogP contribution in [0.1, 0.15) is 31.2 Å². The van der Waals surface area contributed by atoms with Crippen molar-refractivity contribution >= 4 is 24.8 Å². The van der Waals surface area contributed by atoms with Crippen molar-refractivity contribution < 1.29 is 4.74 Å². The molecule has 5 heteroatoms. The zero-order valence-electron chi connectivity index (χ0n) is 9.69. The van der Waals surface area contributed by atoms with E-state index < -0.39 is 0 Å². The van der Waals surface area contributed by atoms with Crippen LogP contribution in [0.5, 0.6) is 5.75 Å². The molecule has 0 saturated heterocycles. The predicted octanol–water partition coefficient (Wildman–Crippen LogP) is 2.45. The molecule has 2 heterocycles. The lowest BCUT2D eigenvalue weighted by Gasteiger charge is -2.24. The SMILES string of the molecule is Cc1ccc2c(n1)[C@H](CN)C(C)(C)O2.Cl.Cl. The van der Waals surface area contributed by atoms with Crippen LogP contribution in [0.2, 0.25) is 0 Å². The van der Waals surface area contributed by atoms with Gasteiger partial charge in [0.25, 0.3) is 0 Å². The normalized spacial score (nSPS) is 20.1.